The van der Waals surface area contributed by atoms with Crippen LogP contribution in [-0.4, -0.2) is 110 Å². The number of piperazine rings is 1. The van der Waals surface area contributed by atoms with Crippen LogP contribution in [0.25, 0.3) is 10.9 Å². The number of nitrogens with zero attached hydrogens (tertiary/aromatic N) is 5. The molecule has 2 aromatic rings. The molecule has 2 saturated heterocycles. The summed E-state index contributed by atoms with van der Waals surface area (Å²) in [6, 6.07) is 3.71. The van der Waals surface area contributed by atoms with Crippen molar-refractivity contribution in [3.05, 3.63) is 18.3 Å². The molecule has 1 N–H and O–H groups in total. The van der Waals surface area contributed by atoms with Crippen LogP contribution in [0, 0.1) is 0 Å². The van der Waals surface area contributed by atoms with E-state index in [0.717, 1.165) is 30.0 Å². The van der Waals surface area contributed by atoms with Crippen molar-refractivity contribution in [2.75, 3.05) is 44.5 Å². The van der Waals surface area contributed by atoms with Crippen molar-refractivity contribution in [2.45, 2.75) is 127 Å². The Morgan fingerprint density at radius 1 is 1.17 bits per heavy atom. The van der Waals surface area contributed by atoms with Crippen molar-refractivity contribution in [1.29, 1.82) is 0 Å². The summed E-state index contributed by atoms with van der Waals surface area (Å²) in [4.78, 5) is 17.3. The van der Waals surface area contributed by atoms with Gasteiger partial charge in [-0.1, -0.05) is 19.6 Å². The maximum atomic E-state index is 14.6. The van der Waals surface area contributed by atoms with E-state index in [0.29, 0.717) is 38.2 Å². The topological polar surface area (TPSA) is 109 Å². The zero-order valence-electron chi connectivity index (χ0n) is 29.7. The van der Waals surface area contributed by atoms with Gasteiger partial charge in [-0.15, -0.1) is 0 Å². The molecule has 0 radical (unpaired) electrons. The van der Waals surface area contributed by atoms with Crippen molar-refractivity contribution in [2.24, 2.45) is 0 Å². The lowest BCUT2D eigenvalue weighted by molar-refractivity contribution is 0.00567. The highest BCUT2D eigenvalue weighted by molar-refractivity contribution is 7.89. The smallest absolute Gasteiger partial charge is 0.410 e. The molecule has 47 heavy (non-hydrogen) atoms. The van der Waals surface area contributed by atoms with Gasteiger partial charge in [0.05, 0.1) is 34.7 Å². The van der Waals surface area contributed by atoms with Crippen LogP contribution in [0.15, 0.2) is 23.2 Å². The molecule has 1 aromatic heterocycles. The molecular formula is C33H55FN6O5SSi. The molecular weight excluding hydrogens is 640 g/mol. The molecule has 5 rings (SSSR count). The van der Waals surface area contributed by atoms with Crippen molar-refractivity contribution in [3.63, 3.8) is 0 Å². The molecule has 0 unspecified atom stereocenters. The van der Waals surface area contributed by atoms with Gasteiger partial charge in [-0.2, -0.15) is 9.40 Å². The van der Waals surface area contributed by atoms with Gasteiger partial charge in [-0.3, -0.25) is 9.58 Å². The van der Waals surface area contributed by atoms with Crippen LogP contribution >= 0.6 is 0 Å². The largest absolute Gasteiger partial charge is 0.444 e. The zero-order chi connectivity index (χ0) is 34.5. The standard InChI is InChI=1S/C33H55FN6O5SSi/c1-23-20-37(21-24(2)39(23)31(41)45-32(3,4)5)29-15-27(16-30-28(29)19-36-40(30)26-14-25(17-34)35-18-26)46(42,43)38(33(6)10-11-33)22-44-12-13-47(7,8)9/h15-16,19,23-26,35H,10-14,17-18,20-22H2,1-9H3/t23-,24-,25-,26+/m0/s1. The highest BCUT2D eigenvalue weighted by Crippen LogP contribution is 2.45. The first-order chi connectivity index (χ1) is 21.8. The van der Waals surface area contributed by atoms with E-state index in [2.05, 4.69) is 29.9 Å². The quantitative estimate of drug-likeness (QED) is 0.184. The summed E-state index contributed by atoms with van der Waals surface area (Å²) < 4.78 is 58.0. The summed E-state index contributed by atoms with van der Waals surface area (Å²) in [7, 11) is -5.33. The average Bonchev–Trinajstić information content (AvgIpc) is 3.33. The SMILES string of the molecule is C[C@H]1CN(c2cc(S(=O)(=O)N(COCC[Si](C)(C)C)C3(C)CC3)cc3c2cnn3[C@H]2CN[C@H](CF)C2)C[C@H](C)N1C(=O)OC(C)(C)C. The average molecular weight is 695 g/mol. The number of carbonyl (C=O) groups is 1. The summed E-state index contributed by atoms with van der Waals surface area (Å²) >= 11 is 0. The number of sulfonamides is 1. The van der Waals surface area contributed by atoms with E-state index in [4.69, 9.17) is 14.6 Å². The maximum absolute atomic E-state index is 14.6. The van der Waals surface area contributed by atoms with E-state index >= 15 is 0 Å². The molecule has 4 atom stereocenters. The predicted molar refractivity (Wildman–Crippen MR) is 186 cm³/mol. The minimum absolute atomic E-state index is 0.00328. The second-order valence-corrected chi connectivity index (χ2v) is 23.8. The predicted octanol–water partition coefficient (Wildman–Crippen LogP) is 5.60. The fourth-order valence-electron chi connectivity index (χ4n) is 6.70. The van der Waals surface area contributed by atoms with Crippen LogP contribution in [0.2, 0.25) is 25.7 Å². The van der Waals surface area contributed by atoms with Crippen molar-refractivity contribution in [3.8, 4) is 0 Å². The second-order valence-electron chi connectivity index (χ2n) is 16.3. The van der Waals surface area contributed by atoms with Gasteiger partial charge in [0.15, 0.2) is 0 Å². The minimum atomic E-state index is -3.98. The molecule has 1 aromatic carbocycles. The number of carbonyl (C=O) groups excluding carboxylic acids is 1. The molecule has 3 heterocycles. The number of fused-ring (bicyclic) bond motifs is 1. The number of hydrogen-bond acceptors (Lipinski definition) is 8. The molecule has 3 aliphatic rings. The number of anilines is 1. The highest BCUT2D eigenvalue weighted by atomic mass is 32.2. The number of benzene rings is 1. The van der Waals surface area contributed by atoms with E-state index in [-0.39, 0.29) is 41.9 Å². The zero-order valence-corrected chi connectivity index (χ0v) is 31.5. The van der Waals surface area contributed by atoms with Crippen LogP contribution in [0.1, 0.15) is 66.8 Å². The van der Waals surface area contributed by atoms with Crippen molar-refractivity contribution < 1.29 is 27.1 Å². The van der Waals surface area contributed by atoms with E-state index < -0.39 is 35.9 Å². The van der Waals surface area contributed by atoms with Crippen LogP contribution in [0.3, 0.4) is 0 Å². The third-order valence-corrected chi connectivity index (χ3v) is 13.3. The normalized spacial score (nSPS) is 25.2. The lowest BCUT2D eigenvalue weighted by atomic mass is 10.1. The Bertz CT molecular complexity index is 1540. The molecule has 3 fully saturated rings. The first kappa shape index (κ1) is 36.0. The molecule has 1 amide bonds. The lowest BCUT2D eigenvalue weighted by Gasteiger charge is -2.45. The van der Waals surface area contributed by atoms with Gasteiger partial charge in [0.25, 0.3) is 0 Å². The van der Waals surface area contributed by atoms with E-state index in [1.54, 1.807) is 23.2 Å². The van der Waals surface area contributed by atoms with E-state index in [1.807, 2.05) is 46.2 Å². The monoisotopic (exact) mass is 694 g/mol. The summed E-state index contributed by atoms with van der Waals surface area (Å²) in [6.45, 7) is 19.9. The summed E-state index contributed by atoms with van der Waals surface area (Å²) in [5.74, 6) is 0. The first-order valence-corrected chi connectivity index (χ1v) is 22.2. The van der Waals surface area contributed by atoms with Crippen molar-refractivity contribution in [1.82, 2.24) is 24.3 Å². The van der Waals surface area contributed by atoms with Gasteiger partial charge in [-0.05, 0) is 79.0 Å². The lowest BCUT2D eigenvalue weighted by Crippen LogP contribution is -2.59. The molecule has 1 saturated carbocycles. The highest BCUT2D eigenvalue weighted by Gasteiger charge is 2.50. The number of rotatable bonds is 11. The summed E-state index contributed by atoms with van der Waals surface area (Å²) in [5, 5.41) is 8.80. The third-order valence-electron chi connectivity index (χ3n) is 9.63. The van der Waals surface area contributed by atoms with Crippen LogP contribution in [0.4, 0.5) is 14.9 Å². The maximum Gasteiger partial charge on any atom is 0.410 e. The number of alkyl halides is 1. The molecule has 2 aliphatic heterocycles. The van der Waals surface area contributed by atoms with E-state index in [9.17, 15) is 17.6 Å². The Morgan fingerprint density at radius 2 is 1.83 bits per heavy atom. The first-order valence-electron chi connectivity index (χ1n) is 17.0. The van der Waals surface area contributed by atoms with Crippen molar-refractivity contribution >= 4 is 40.8 Å². The molecule has 0 spiro atoms. The molecule has 1 aliphatic carbocycles. The fraction of sp³-hybridized carbons (Fsp3) is 0.758. The van der Waals surface area contributed by atoms with Crippen LogP contribution in [-0.2, 0) is 19.5 Å². The second kappa shape index (κ2) is 13.2. The number of aromatic nitrogens is 2. The molecule has 14 heteroatoms. The number of amides is 1. The van der Waals surface area contributed by atoms with Gasteiger partial charge in [0, 0.05) is 57.0 Å². The molecule has 11 nitrogen and oxygen atoms in total. The Balaban J connectivity index is 1.53. The van der Waals surface area contributed by atoms with Crippen LogP contribution < -0.4 is 10.2 Å². The van der Waals surface area contributed by atoms with Gasteiger partial charge in [-0.25, -0.2) is 17.6 Å². The number of halogens is 1. The summed E-state index contributed by atoms with van der Waals surface area (Å²) in [5.41, 5.74) is 0.334. The Kier molecular flexibility index (Phi) is 10.1. The van der Waals surface area contributed by atoms with Gasteiger partial charge >= 0.3 is 6.09 Å². The minimum Gasteiger partial charge on any atom is -0.444 e. The number of nitrogens with one attached hydrogen (secondary N) is 1. The molecule has 0 bridgehead atoms. The van der Waals surface area contributed by atoms with E-state index in [1.165, 1.54) is 4.31 Å². The third kappa shape index (κ3) is 7.98. The van der Waals surface area contributed by atoms with Gasteiger partial charge < -0.3 is 19.7 Å². The Labute approximate surface area is 281 Å². The number of ether oxygens (including phenoxy) is 2. The fourth-order valence-corrected chi connectivity index (χ4v) is 9.21. The van der Waals surface area contributed by atoms with Crippen LogP contribution in [0.5, 0.6) is 0 Å². The molecule has 264 valence electrons. The summed E-state index contributed by atoms with van der Waals surface area (Å²) in [6.07, 6.45) is 3.55. The Hall–Kier alpha value is -2.26. The number of hydrogen-bond donors (Lipinski definition) is 1. The Morgan fingerprint density at radius 3 is 2.38 bits per heavy atom. The van der Waals surface area contributed by atoms with Gasteiger partial charge in [0.1, 0.15) is 19.0 Å². The van der Waals surface area contributed by atoms with Gasteiger partial charge in [0.2, 0.25) is 10.0 Å².